The van der Waals surface area contributed by atoms with E-state index in [-0.39, 0.29) is 11.8 Å². The summed E-state index contributed by atoms with van der Waals surface area (Å²) in [5.74, 6) is 0. The van der Waals surface area contributed by atoms with Crippen LogP contribution in [0.2, 0.25) is 0 Å². The fourth-order valence-corrected chi connectivity index (χ4v) is 2.13. The van der Waals surface area contributed by atoms with Crippen LogP contribution in [-0.2, 0) is 0 Å². The molecular formula is C13H13N3O3. The zero-order valence-electron chi connectivity index (χ0n) is 10.2. The van der Waals surface area contributed by atoms with Gasteiger partial charge < -0.3 is 10.0 Å². The van der Waals surface area contributed by atoms with E-state index in [2.05, 4.69) is 0 Å². The van der Waals surface area contributed by atoms with Crippen LogP contribution in [-0.4, -0.2) is 34.1 Å². The molecule has 0 amide bonds. The highest BCUT2D eigenvalue weighted by atomic mass is 16.6. The fourth-order valence-electron chi connectivity index (χ4n) is 2.13. The Morgan fingerprint density at radius 1 is 1.53 bits per heavy atom. The number of aliphatic hydroxyl groups excluding tert-OH is 1. The van der Waals surface area contributed by atoms with Gasteiger partial charge in [-0.1, -0.05) is 0 Å². The van der Waals surface area contributed by atoms with Gasteiger partial charge in [0.1, 0.15) is 0 Å². The summed E-state index contributed by atoms with van der Waals surface area (Å²) in [6.45, 7) is 1.15. The predicted molar refractivity (Wildman–Crippen MR) is 68.9 cm³/mol. The number of rotatable bonds is 3. The highest BCUT2D eigenvalue weighted by Gasteiger charge is 2.23. The number of β-amino-alcohol motifs (C(OH)–C–C–N with tert-alkyl or cyclic N) is 1. The number of nitriles is 1. The number of nitro groups is 1. The molecular weight excluding hydrogens is 246 g/mol. The molecule has 1 aliphatic heterocycles. The summed E-state index contributed by atoms with van der Waals surface area (Å²) >= 11 is 0. The average molecular weight is 259 g/mol. The van der Waals surface area contributed by atoms with E-state index in [0.29, 0.717) is 25.2 Å². The normalized spacial score (nSPS) is 19.3. The van der Waals surface area contributed by atoms with Crippen LogP contribution in [0, 0.1) is 21.4 Å². The van der Waals surface area contributed by atoms with E-state index < -0.39 is 4.92 Å². The molecule has 1 aliphatic rings. The molecule has 1 saturated heterocycles. The molecule has 1 fully saturated rings. The van der Waals surface area contributed by atoms with E-state index in [9.17, 15) is 15.2 Å². The molecule has 19 heavy (non-hydrogen) atoms. The van der Waals surface area contributed by atoms with E-state index in [1.807, 2.05) is 11.0 Å². The number of aliphatic hydroxyl groups is 1. The molecule has 1 aromatic carbocycles. The lowest BCUT2D eigenvalue weighted by Gasteiger charge is -2.21. The Balaban J connectivity index is 2.27. The molecule has 1 N–H and O–H groups in total. The van der Waals surface area contributed by atoms with Gasteiger partial charge in [-0.3, -0.25) is 10.1 Å². The SMILES string of the molecule is N#C/C=C(\c1ccc([N+](=O)[O-])cc1)N1CC[C@@H](O)C1. The van der Waals surface area contributed by atoms with Gasteiger partial charge in [-0.15, -0.1) is 0 Å². The lowest BCUT2D eigenvalue weighted by molar-refractivity contribution is -0.384. The number of likely N-dealkylation sites (tertiary alicyclic amines) is 1. The monoisotopic (exact) mass is 259 g/mol. The van der Waals surface area contributed by atoms with Gasteiger partial charge in [-0.2, -0.15) is 5.26 Å². The van der Waals surface area contributed by atoms with Crippen molar-refractivity contribution in [3.8, 4) is 6.07 Å². The van der Waals surface area contributed by atoms with E-state index in [1.165, 1.54) is 18.2 Å². The van der Waals surface area contributed by atoms with E-state index in [1.54, 1.807) is 12.1 Å². The molecule has 1 aromatic rings. The van der Waals surface area contributed by atoms with Crippen LogP contribution in [0.3, 0.4) is 0 Å². The molecule has 1 heterocycles. The van der Waals surface area contributed by atoms with Crippen LogP contribution in [0.4, 0.5) is 5.69 Å². The minimum atomic E-state index is -0.461. The maximum absolute atomic E-state index is 10.6. The highest BCUT2D eigenvalue weighted by molar-refractivity contribution is 5.67. The third-order valence-electron chi connectivity index (χ3n) is 3.08. The van der Waals surface area contributed by atoms with E-state index >= 15 is 0 Å². The number of nitro benzene ring substituents is 1. The van der Waals surface area contributed by atoms with Crippen LogP contribution in [0.15, 0.2) is 30.3 Å². The Kier molecular flexibility index (Phi) is 3.78. The van der Waals surface area contributed by atoms with E-state index in [4.69, 9.17) is 5.26 Å². The minimum Gasteiger partial charge on any atom is -0.391 e. The molecule has 0 aromatic heterocycles. The Labute approximate surface area is 110 Å². The maximum Gasteiger partial charge on any atom is 0.269 e. The van der Waals surface area contributed by atoms with Crippen molar-refractivity contribution in [3.63, 3.8) is 0 Å². The first-order chi connectivity index (χ1) is 9.11. The summed E-state index contributed by atoms with van der Waals surface area (Å²) in [6.07, 6.45) is 1.68. The van der Waals surface area contributed by atoms with Gasteiger partial charge in [-0.25, -0.2) is 0 Å². The third kappa shape index (κ3) is 2.89. The van der Waals surface area contributed by atoms with Crippen molar-refractivity contribution >= 4 is 11.4 Å². The van der Waals surface area contributed by atoms with Crippen LogP contribution in [0.25, 0.3) is 5.70 Å². The lowest BCUT2D eigenvalue weighted by Crippen LogP contribution is -2.20. The summed E-state index contributed by atoms with van der Waals surface area (Å²) in [5.41, 5.74) is 1.44. The highest BCUT2D eigenvalue weighted by Crippen LogP contribution is 2.25. The molecule has 6 nitrogen and oxygen atoms in total. The van der Waals surface area contributed by atoms with Crippen molar-refractivity contribution in [1.29, 1.82) is 5.26 Å². The topological polar surface area (TPSA) is 90.4 Å². The smallest absolute Gasteiger partial charge is 0.269 e. The molecule has 0 saturated carbocycles. The van der Waals surface area contributed by atoms with E-state index in [0.717, 1.165) is 5.56 Å². The van der Waals surface area contributed by atoms with Crippen LogP contribution >= 0.6 is 0 Å². The van der Waals surface area contributed by atoms with Crippen molar-refractivity contribution in [2.45, 2.75) is 12.5 Å². The van der Waals surface area contributed by atoms with Crippen LogP contribution < -0.4 is 0 Å². The quantitative estimate of drug-likeness (QED) is 0.505. The van der Waals surface area contributed by atoms with Gasteiger partial charge in [0.2, 0.25) is 0 Å². The molecule has 0 spiro atoms. The first-order valence-electron chi connectivity index (χ1n) is 5.89. The van der Waals surface area contributed by atoms with Crippen LogP contribution in [0.5, 0.6) is 0 Å². The van der Waals surface area contributed by atoms with Gasteiger partial charge >= 0.3 is 0 Å². The second kappa shape index (κ2) is 5.50. The summed E-state index contributed by atoms with van der Waals surface area (Å²) < 4.78 is 0. The van der Waals surface area contributed by atoms with Crippen molar-refractivity contribution in [1.82, 2.24) is 4.90 Å². The predicted octanol–water partition coefficient (Wildman–Crippen LogP) is 1.53. The average Bonchev–Trinajstić information content (AvgIpc) is 2.82. The Hall–Kier alpha value is -2.39. The first-order valence-corrected chi connectivity index (χ1v) is 5.89. The lowest BCUT2D eigenvalue weighted by atomic mass is 10.1. The van der Waals surface area contributed by atoms with Gasteiger partial charge in [0.05, 0.1) is 22.8 Å². The molecule has 1 atom stereocenters. The first kappa shape index (κ1) is 13.1. The number of nitrogens with zero attached hydrogens (tertiary/aromatic N) is 3. The van der Waals surface area contributed by atoms with Crippen molar-refractivity contribution < 1.29 is 10.0 Å². The van der Waals surface area contributed by atoms with Gasteiger partial charge in [-0.05, 0) is 24.1 Å². The minimum absolute atomic E-state index is 0.0153. The zero-order chi connectivity index (χ0) is 13.8. The second-order valence-electron chi connectivity index (χ2n) is 4.35. The summed E-state index contributed by atoms with van der Waals surface area (Å²) in [5, 5.41) is 29.0. The molecule has 0 unspecified atom stereocenters. The number of non-ortho nitro benzene ring substituents is 1. The van der Waals surface area contributed by atoms with Gasteiger partial charge in [0, 0.05) is 31.3 Å². The molecule has 6 heteroatoms. The van der Waals surface area contributed by atoms with Crippen molar-refractivity contribution in [2.75, 3.05) is 13.1 Å². The number of benzene rings is 1. The van der Waals surface area contributed by atoms with Crippen molar-refractivity contribution in [2.24, 2.45) is 0 Å². The molecule has 0 radical (unpaired) electrons. The number of allylic oxidation sites excluding steroid dienone is 1. The summed E-state index contributed by atoms with van der Waals surface area (Å²) in [4.78, 5) is 12.1. The Bertz CT molecular complexity index is 545. The Morgan fingerprint density at radius 2 is 2.21 bits per heavy atom. The largest absolute Gasteiger partial charge is 0.391 e. The summed E-state index contributed by atoms with van der Waals surface area (Å²) in [6, 6.07) is 8.03. The zero-order valence-corrected chi connectivity index (χ0v) is 10.2. The van der Waals surface area contributed by atoms with Gasteiger partial charge in [0.15, 0.2) is 0 Å². The second-order valence-corrected chi connectivity index (χ2v) is 4.35. The molecule has 98 valence electrons. The third-order valence-corrected chi connectivity index (χ3v) is 3.08. The van der Waals surface area contributed by atoms with Crippen molar-refractivity contribution in [3.05, 3.63) is 46.0 Å². The number of hydrogen-bond donors (Lipinski definition) is 1. The Morgan fingerprint density at radius 3 is 2.68 bits per heavy atom. The van der Waals surface area contributed by atoms with Crippen LogP contribution in [0.1, 0.15) is 12.0 Å². The summed E-state index contributed by atoms with van der Waals surface area (Å²) in [7, 11) is 0. The standard InChI is InChI=1S/C13H13N3O3/c14-7-5-13(15-8-6-12(17)9-15)10-1-3-11(4-2-10)16(18)19/h1-5,12,17H,6,8-9H2/b13-5+/t12-/m1/s1. The molecule has 2 rings (SSSR count). The fraction of sp³-hybridized carbons (Fsp3) is 0.308. The van der Waals surface area contributed by atoms with Gasteiger partial charge in [0.25, 0.3) is 5.69 Å². The maximum atomic E-state index is 10.6. The molecule has 0 bridgehead atoms. The number of hydrogen-bond acceptors (Lipinski definition) is 5. The molecule has 0 aliphatic carbocycles.